The molecule has 1 saturated heterocycles. The summed E-state index contributed by atoms with van der Waals surface area (Å²) in [6.45, 7) is 0.515. The Labute approximate surface area is 180 Å². The van der Waals surface area contributed by atoms with Gasteiger partial charge in [-0.2, -0.15) is 4.31 Å². The smallest absolute Gasteiger partial charge is 0.243 e. The molecule has 0 bridgehead atoms. The minimum absolute atomic E-state index is 0.134. The molecule has 2 aromatic carbocycles. The van der Waals surface area contributed by atoms with E-state index >= 15 is 0 Å². The molecule has 2 heterocycles. The van der Waals surface area contributed by atoms with Crippen LogP contribution in [-0.4, -0.2) is 30.2 Å². The van der Waals surface area contributed by atoms with Crippen molar-refractivity contribution in [1.82, 2.24) is 14.6 Å². The number of benzene rings is 2. The normalized spacial score (nSPS) is 20.0. The summed E-state index contributed by atoms with van der Waals surface area (Å²) in [5.41, 5.74) is 0.943. The van der Waals surface area contributed by atoms with Gasteiger partial charge < -0.3 is 5.32 Å². The van der Waals surface area contributed by atoms with Gasteiger partial charge in [-0.05, 0) is 30.5 Å². The number of hydrogen-bond donors (Lipinski definition) is 1. The van der Waals surface area contributed by atoms with Gasteiger partial charge in [0.05, 0.1) is 23.4 Å². The second-order valence-corrected chi connectivity index (χ2v) is 10.1. The Morgan fingerprint density at radius 3 is 2.43 bits per heavy atom. The first-order valence-corrected chi connectivity index (χ1v) is 12.2. The second-order valence-electron chi connectivity index (χ2n) is 7.23. The van der Waals surface area contributed by atoms with E-state index in [0.29, 0.717) is 19.4 Å². The summed E-state index contributed by atoms with van der Waals surface area (Å²) in [6.07, 6.45) is 2.92. The molecule has 1 fully saturated rings. The van der Waals surface area contributed by atoms with Crippen LogP contribution in [0, 0.1) is 5.92 Å². The van der Waals surface area contributed by atoms with Crippen molar-refractivity contribution < 1.29 is 13.2 Å². The number of hydrogen-bond acceptors (Lipinski definition) is 5. The topological polar surface area (TPSA) is 79.4 Å². The number of carbonyl (C=O) groups excluding carboxylic acids is 1. The highest BCUT2D eigenvalue weighted by Gasteiger charge is 2.39. The lowest BCUT2D eigenvalue weighted by Crippen LogP contribution is -2.46. The van der Waals surface area contributed by atoms with Gasteiger partial charge >= 0.3 is 0 Å². The lowest BCUT2D eigenvalue weighted by atomic mass is 9.90. The number of nitrogens with zero attached hydrogens (tertiary/aromatic N) is 2. The van der Waals surface area contributed by atoms with E-state index in [1.54, 1.807) is 36.5 Å². The van der Waals surface area contributed by atoms with Gasteiger partial charge in [-0.15, -0.1) is 11.3 Å². The first-order chi connectivity index (χ1) is 14.6. The third kappa shape index (κ3) is 4.45. The average molecular weight is 442 g/mol. The van der Waals surface area contributed by atoms with E-state index in [9.17, 15) is 13.2 Å². The van der Waals surface area contributed by atoms with Gasteiger partial charge in [0.25, 0.3) is 0 Å². The number of amides is 1. The largest absolute Gasteiger partial charge is 0.349 e. The molecule has 8 heteroatoms. The number of piperidine rings is 1. The van der Waals surface area contributed by atoms with Crippen LogP contribution < -0.4 is 5.32 Å². The molecule has 0 unspecified atom stereocenters. The van der Waals surface area contributed by atoms with Gasteiger partial charge in [0.15, 0.2) is 0 Å². The van der Waals surface area contributed by atoms with Gasteiger partial charge in [-0.3, -0.25) is 4.79 Å². The summed E-state index contributed by atoms with van der Waals surface area (Å²) >= 11 is 1.48. The molecule has 1 aliphatic heterocycles. The average Bonchev–Trinajstić information content (AvgIpc) is 3.32. The standard InChI is InChI=1S/C22H23N3O3S2/c26-22(24-15-21-23-13-14-29-21)18-11-12-20(17-7-3-1-4-8-17)25(16-18)30(27,28)19-9-5-2-6-10-19/h1-10,13-14,18,20H,11-12,15-16H2,(H,24,26)/t18-,20-/m1/s1. The third-order valence-electron chi connectivity index (χ3n) is 5.34. The van der Waals surface area contributed by atoms with Crippen molar-refractivity contribution in [2.75, 3.05) is 6.54 Å². The van der Waals surface area contributed by atoms with Crippen LogP contribution in [0.15, 0.2) is 77.1 Å². The third-order valence-corrected chi connectivity index (χ3v) is 8.01. The van der Waals surface area contributed by atoms with E-state index in [0.717, 1.165) is 10.6 Å². The maximum Gasteiger partial charge on any atom is 0.243 e. The van der Waals surface area contributed by atoms with E-state index in [4.69, 9.17) is 0 Å². The molecule has 1 N–H and O–H groups in total. The number of aromatic nitrogens is 1. The summed E-state index contributed by atoms with van der Waals surface area (Å²) in [5, 5.41) is 5.60. The van der Waals surface area contributed by atoms with E-state index in [-0.39, 0.29) is 23.4 Å². The zero-order valence-corrected chi connectivity index (χ0v) is 18.0. The van der Waals surface area contributed by atoms with Crippen molar-refractivity contribution in [3.8, 4) is 0 Å². The van der Waals surface area contributed by atoms with E-state index in [1.165, 1.54) is 15.6 Å². The molecule has 1 aromatic heterocycles. The van der Waals surface area contributed by atoms with Gasteiger partial charge in [0.1, 0.15) is 5.01 Å². The second kappa shape index (κ2) is 9.07. The van der Waals surface area contributed by atoms with Crippen molar-refractivity contribution in [1.29, 1.82) is 0 Å². The molecular weight excluding hydrogens is 418 g/mol. The molecule has 4 rings (SSSR count). The lowest BCUT2D eigenvalue weighted by Gasteiger charge is -2.38. The Morgan fingerprint density at radius 2 is 1.77 bits per heavy atom. The maximum absolute atomic E-state index is 13.5. The van der Waals surface area contributed by atoms with Gasteiger partial charge in [0.2, 0.25) is 15.9 Å². The van der Waals surface area contributed by atoms with E-state index in [2.05, 4.69) is 10.3 Å². The van der Waals surface area contributed by atoms with Crippen LogP contribution >= 0.6 is 11.3 Å². The predicted octanol–water partition coefficient (Wildman–Crippen LogP) is 3.60. The van der Waals surface area contributed by atoms with E-state index in [1.807, 2.05) is 35.7 Å². The van der Waals surface area contributed by atoms with Crippen LogP contribution in [0.5, 0.6) is 0 Å². The summed E-state index contributed by atoms with van der Waals surface area (Å²) in [5.74, 6) is -0.534. The van der Waals surface area contributed by atoms with Crippen molar-refractivity contribution in [3.63, 3.8) is 0 Å². The quantitative estimate of drug-likeness (QED) is 0.634. The van der Waals surface area contributed by atoms with Crippen molar-refractivity contribution >= 4 is 27.3 Å². The number of thiazole rings is 1. The molecule has 6 nitrogen and oxygen atoms in total. The molecule has 0 aliphatic carbocycles. The summed E-state index contributed by atoms with van der Waals surface area (Å²) in [6, 6.07) is 17.8. The molecular formula is C22H23N3O3S2. The zero-order valence-electron chi connectivity index (χ0n) is 16.3. The molecule has 0 spiro atoms. The Hall–Kier alpha value is -2.55. The molecule has 0 saturated carbocycles. The zero-order chi connectivity index (χ0) is 21.0. The molecule has 156 valence electrons. The first kappa shape index (κ1) is 20.7. The summed E-state index contributed by atoms with van der Waals surface area (Å²) in [7, 11) is -3.74. The van der Waals surface area contributed by atoms with Crippen molar-refractivity contribution in [2.24, 2.45) is 5.92 Å². The Bertz CT molecular complexity index is 1070. The molecule has 3 aromatic rings. The van der Waals surface area contributed by atoms with Gasteiger partial charge in [-0.1, -0.05) is 48.5 Å². The molecule has 30 heavy (non-hydrogen) atoms. The minimum Gasteiger partial charge on any atom is -0.349 e. The fourth-order valence-corrected chi connectivity index (χ4v) is 6.07. The van der Waals surface area contributed by atoms with Crippen molar-refractivity contribution in [3.05, 3.63) is 82.8 Å². The van der Waals surface area contributed by atoms with Crippen LogP contribution in [0.1, 0.15) is 29.5 Å². The minimum atomic E-state index is -3.74. The SMILES string of the molecule is O=C(NCc1nccs1)[C@@H]1CC[C@H](c2ccccc2)N(S(=O)(=O)c2ccccc2)C1. The van der Waals surface area contributed by atoms with Crippen molar-refractivity contribution in [2.45, 2.75) is 30.3 Å². The number of rotatable bonds is 6. The highest BCUT2D eigenvalue weighted by molar-refractivity contribution is 7.89. The fraction of sp³-hybridized carbons (Fsp3) is 0.273. The van der Waals surface area contributed by atoms with Crippen LogP contribution in [0.25, 0.3) is 0 Å². The number of nitrogens with one attached hydrogen (secondary N) is 1. The Balaban J connectivity index is 1.58. The van der Waals surface area contributed by atoms with Gasteiger partial charge in [-0.25, -0.2) is 13.4 Å². The molecule has 0 radical (unpaired) electrons. The Morgan fingerprint density at radius 1 is 1.07 bits per heavy atom. The van der Waals surface area contributed by atoms with Crippen LogP contribution in [0.2, 0.25) is 0 Å². The number of sulfonamides is 1. The highest BCUT2D eigenvalue weighted by Crippen LogP contribution is 2.37. The molecule has 1 aliphatic rings. The molecule has 1 amide bonds. The van der Waals surface area contributed by atoms with Crippen LogP contribution in [0.3, 0.4) is 0 Å². The predicted molar refractivity (Wildman–Crippen MR) is 116 cm³/mol. The first-order valence-electron chi connectivity index (χ1n) is 9.83. The summed E-state index contributed by atoms with van der Waals surface area (Å²) in [4.78, 5) is 17.2. The van der Waals surface area contributed by atoms with Crippen LogP contribution in [-0.2, 0) is 21.4 Å². The number of carbonyl (C=O) groups is 1. The lowest BCUT2D eigenvalue weighted by molar-refractivity contribution is -0.126. The summed E-state index contributed by atoms with van der Waals surface area (Å²) < 4.78 is 28.4. The monoisotopic (exact) mass is 441 g/mol. The van der Waals surface area contributed by atoms with E-state index < -0.39 is 15.9 Å². The molecule has 2 atom stereocenters. The Kier molecular flexibility index (Phi) is 6.26. The van der Waals surface area contributed by atoms with Crippen LogP contribution in [0.4, 0.5) is 0 Å². The maximum atomic E-state index is 13.5. The fourth-order valence-electron chi connectivity index (χ4n) is 3.80. The highest BCUT2D eigenvalue weighted by atomic mass is 32.2. The van der Waals surface area contributed by atoms with Gasteiger partial charge in [0, 0.05) is 18.1 Å².